The summed E-state index contributed by atoms with van der Waals surface area (Å²) in [6, 6.07) is 3.06. The van der Waals surface area contributed by atoms with Gasteiger partial charge in [0.2, 0.25) is 0 Å². The van der Waals surface area contributed by atoms with Gasteiger partial charge in [-0.25, -0.2) is 9.78 Å². The summed E-state index contributed by atoms with van der Waals surface area (Å²) in [7, 11) is 0. The van der Waals surface area contributed by atoms with Gasteiger partial charge in [0.15, 0.2) is 16.3 Å². The van der Waals surface area contributed by atoms with Crippen molar-refractivity contribution >= 4 is 17.6 Å². The quantitative estimate of drug-likeness (QED) is 0.524. The van der Waals surface area contributed by atoms with Gasteiger partial charge in [0.05, 0.1) is 6.61 Å². The number of aromatic hydroxyl groups is 1. The first kappa shape index (κ1) is 23.9. The largest absolute Gasteiger partial charge is 0.505 e. The molecule has 0 amide bonds. The molecule has 2 unspecified atom stereocenters. The van der Waals surface area contributed by atoms with Gasteiger partial charge in [-0.1, -0.05) is 39.3 Å². The molecule has 0 bridgehead atoms. The monoisotopic (exact) mass is 434 g/mol. The van der Waals surface area contributed by atoms with Crippen molar-refractivity contribution in [2.24, 2.45) is 5.41 Å². The third kappa shape index (κ3) is 4.69. The first-order valence-corrected chi connectivity index (χ1v) is 10.8. The highest BCUT2D eigenvalue weighted by molar-refractivity contribution is 6.30. The van der Waals surface area contributed by atoms with Crippen molar-refractivity contribution in [3.63, 3.8) is 0 Å². The molecule has 1 saturated carbocycles. The Hall–Kier alpha value is -2.34. The van der Waals surface area contributed by atoms with E-state index in [9.17, 15) is 14.7 Å². The van der Waals surface area contributed by atoms with Crippen LogP contribution in [0.15, 0.2) is 29.3 Å². The Morgan fingerprint density at radius 1 is 1.40 bits per heavy atom. The van der Waals surface area contributed by atoms with Gasteiger partial charge < -0.3 is 14.4 Å². The number of aryl methyl sites for hydroxylation is 1. The van der Waals surface area contributed by atoms with Crippen molar-refractivity contribution in [1.82, 2.24) is 9.55 Å². The van der Waals surface area contributed by atoms with Gasteiger partial charge in [-0.3, -0.25) is 4.79 Å². The topological polar surface area (TPSA) is 81.4 Å². The summed E-state index contributed by atoms with van der Waals surface area (Å²) >= 11 is 5.95. The van der Waals surface area contributed by atoms with Crippen molar-refractivity contribution in [2.45, 2.75) is 66.3 Å². The molecule has 164 valence electrons. The number of ether oxygens (including phenoxy) is 1. The molecular formula is C23H31ClN2O4. The number of carbonyl (C=O) groups excluding carboxylic acids is 1. The van der Waals surface area contributed by atoms with Crippen LogP contribution in [-0.4, -0.2) is 27.2 Å². The molecule has 1 aliphatic rings. The molecule has 1 fully saturated rings. The number of rotatable bonds is 4. The number of hydrogen-bond acceptors (Lipinski definition) is 5. The second kappa shape index (κ2) is 9.65. The van der Waals surface area contributed by atoms with Gasteiger partial charge in [-0.2, -0.15) is 0 Å². The number of aromatic nitrogens is 2. The maximum absolute atomic E-state index is 12.2. The number of halogens is 1. The van der Waals surface area contributed by atoms with Crippen LogP contribution in [0.4, 0.5) is 0 Å². The van der Waals surface area contributed by atoms with E-state index in [1.54, 1.807) is 25.4 Å². The van der Waals surface area contributed by atoms with Gasteiger partial charge in [-0.05, 0) is 43.7 Å². The highest BCUT2D eigenvalue weighted by Crippen LogP contribution is 2.54. The summed E-state index contributed by atoms with van der Waals surface area (Å²) in [5.74, 6) is -0.600. The Labute approximate surface area is 182 Å². The summed E-state index contributed by atoms with van der Waals surface area (Å²) in [5, 5.41) is 10.2. The van der Waals surface area contributed by atoms with E-state index in [0.29, 0.717) is 0 Å². The third-order valence-corrected chi connectivity index (χ3v) is 5.90. The zero-order valence-corrected chi connectivity index (χ0v) is 19.3. The lowest BCUT2D eigenvalue weighted by atomic mass is 9.82. The summed E-state index contributed by atoms with van der Waals surface area (Å²) < 4.78 is 6.95. The highest BCUT2D eigenvalue weighted by atomic mass is 35.5. The van der Waals surface area contributed by atoms with Crippen LogP contribution in [-0.2, 0) is 4.74 Å². The SMILES string of the molecule is CC.CCOC(=O)c1cn(C2C(c3cc(O)c(Cl)nc3C)CCC2(C)C)ccc1=O. The summed E-state index contributed by atoms with van der Waals surface area (Å²) in [6.07, 6.45) is 5.14. The van der Waals surface area contributed by atoms with E-state index in [-0.39, 0.29) is 45.9 Å². The lowest BCUT2D eigenvalue weighted by Crippen LogP contribution is -2.28. The molecule has 2 atom stereocenters. The number of nitrogens with zero attached hydrogens (tertiary/aromatic N) is 2. The molecule has 30 heavy (non-hydrogen) atoms. The molecule has 0 aliphatic heterocycles. The number of carbonyl (C=O) groups is 1. The van der Waals surface area contributed by atoms with E-state index in [1.807, 2.05) is 25.3 Å². The average molecular weight is 435 g/mol. The molecule has 2 aromatic rings. The Morgan fingerprint density at radius 3 is 2.70 bits per heavy atom. The summed E-state index contributed by atoms with van der Waals surface area (Å²) in [4.78, 5) is 28.6. The molecule has 0 saturated heterocycles. The van der Waals surface area contributed by atoms with Gasteiger partial charge in [-0.15, -0.1) is 0 Å². The Morgan fingerprint density at radius 2 is 2.07 bits per heavy atom. The lowest BCUT2D eigenvalue weighted by Gasteiger charge is -2.34. The van der Waals surface area contributed by atoms with Crippen LogP contribution in [0.1, 0.15) is 81.0 Å². The zero-order valence-electron chi connectivity index (χ0n) is 18.5. The fourth-order valence-corrected chi connectivity index (χ4v) is 4.49. The third-order valence-electron chi connectivity index (χ3n) is 5.63. The minimum Gasteiger partial charge on any atom is -0.505 e. The first-order valence-electron chi connectivity index (χ1n) is 10.4. The van der Waals surface area contributed by atoms with Crippen LogP contribution >= 0.6 is 11.6 Å². The number of hydrogen-bond donors (Lipinski definition) is 1. The van der Waals surface area contributed by atoms with Crippen LogP contribution in [0.25, 0.3) is 0 Å². The predicted octanol–water partition coefficient (Wildman–Crippen LogP) is 5.26. The predicted molar refractivity (Wildman–Crippen MR) is 118 cm³/mol. The molecule has 7 heteroatoms. The maximum atomic E-state index is 12.2. The fourth-order valence-electron chi connectivity index (χ4n) is 4.30. The van der Waals surface area contributed by atoms with Crippen LogP contribution in [0, 0.1) is 12.3 Å². The number of pyridine rings is 2. The molecular weight excluding hydrogens is 404 g/mol. The van der Waals surface area contributed by atoms with Crippen molar-refractivity contribution < 1.29 is 14.6 Å². The number of esters is 1. The zero-order chi connectivity index (χ0) is 22.6. The van der Waals surface area contributed by atoms with Gasteiger partial charge in [0, 0.05) is 36.1 Å². The molecule has 0 radical (unpaired) electrons. The Kier molecular flexibility index (Phi) is 7.70. The van der Waals surface area contributed by atoms with Crippen molar-refractivity contribution in [3.8, 4) is 5.75 Å². The smallest absolute Gasteiger partial charge is 0.343 e. The first-order chi connectivity index (χ1) is 14.2. The van der Waals surface area contributed by atoms with Gasteiger partial charge in [0.1, 0.15) is 5.56 Å². The molecule has 0 aromatic carbocycles. The van der Waals surface area contributed by atoms with Crippen molar-refractivity contribution in [1.29, 1.82) is 0 Å². The van der Waals surface area contributed by atoms with Crippen LogP contribution in [0.5, 0.6) is 5.75 Å². The normalized spacial score (nSPS) is 19.7. The molecule has 2 heterocycles. The molecule has 3 rings (SSSR count). The molecule has 1 aliphatic carbocycles. The maximum Gasteiger partial charge on any atom is 0.343 e. The van der Waals surface area contributed by atoms with Gasteiger partial charge >= 0.3 is 5.97 Å². The second-order valence-electron chi connectivity index (χ2n) is 7.94. The van der Waals surface area contributed by atoms with Crippen molar-refractivity contribution in [3.05, 3.63) is 56.7 Å². The fraction of sp³-hybridized carbons (Fsp3) is 0.522. The Bertz CT molecular complexity index is 968. The summed E-state index contributed by atoms with van der Waals surface area (Å²) in [6.45, 7) is 12.1. The molecule has 2 aromatic heterocycles. The van der Waals surface area contributed by atoms with E-state index in [4.69, 9.17) is 16.3 Å². The highest BCUT2D eigenvalue weighted by Gasteiger charge is 2.44. The van der Waals surface area contributed by atoms with E-state index >= 15 is 0 Å². The Balaban J connectivity index is 0.00000155. The minimum atomic E-state index is -0.615. The average Bonchev–Trinajstić information content (AvgIpc) is 3.02. The van der Waals surface area contributed by atoms with E-state index in [0.717, 1.165) is 24.1 Å². The minimum absolute atomic E-state index is 0.0256. The van der Waals surface area contributed by atoms with E-state index in [2.05, 4.69) is 18.8 Å². The van der Waals surface area contributed by atoms with E-state index in [1.165, 1.54) is 6.07 Å². The van der Waals surface area contributed by atoms with Crippen LogP contribution in [0.3, 0.4) is 0 Å². The van der Waals surface area contributed by atoms with Crippen molar-refractivity contribution in [2.75, 3.05) is 6.61 Å². The molecule has 0 spiro atoms. The molecule has 1 N–H and O–H groups in total. The molecule has 6 nitrogen and oxygen atoms in total. The lowest BCUT2D eigenvalue weighted by molar-refractivity contribution is 0.0523. The standard InChI is InChI=1S/C21H25ClN2O4.C2H6/c1-5-28-20(27)15-11-24(9-7-16(15)25)18-13(6-8-21(18,3)4)14-10-17(26)19(22)23-12(14)2;1-2/h7,9-11,13,18,26H,5-6,8H2,1-4H3;1-2H3. The second-order valence-corrected chi connectivity index (χ2v) is 8.30. The van der Waals surface area contributed by atoms with Gasteiger partial charge in [0.25, 0.3) is 0 Å². The van der Waals surface area contributed by atoms with Crippen LogP contribution in [0.2, 0.25) is 5.15 Å². The van der Waals surface area contributed by atoms with E-state index < -0.39 is 5.97 Å². The summed E-state index contributed by atoms with van der Waals surface area (Å²) in [5.41, 5.74) is 1.27. The van der Waals surface area contributed by atoms with Crippen LogP contribution < -0.4 is 5.43 Å².